The smallest absolute Gasteiger partial charge is 0.311 e. The lowest BCUT2D eigenvalue weighted by Gasteiger charge is -2.05. The van der Waals surface area contributed by atoms with Crippen molar-refractivity contribution < 1.29 is 19.2 Å². The molecule has 0 amide bonds. The van der Waals surface area contributed by atoms with Crippen LogP contribution in [0.25, 0.3) is 0 Å². The Kier molecular flexibility index (Phi) is 3.75. The third kappa shape index (κ3) is 2.75. The minimum absolute atomic E-state index is 0.0763. The highest BCUT2D eigenvalue weighted by atomic mass is 16.7. The lowest BCUT2D eigenvalue weighted by Crippen LogP contribution is -2.02. The first kappa shape index (κ1) is 11.1. The first-order valence-electron chi connectivity index (χ1n) is 4.04. The van der Waals surface area contributed by atoms with Gasteiger partial charge in [0.15, 0.2) is 12.5 Å². The molecule has 0 aromatic heterocycles. The summed E-state index contributed by atoms with van der Waals surface area (Å²) in [4.78, 5) is 20.4. The number of ether oxygens (including phenoxy) is 2. The maximum atomic E-state index is 10.6. The average Bonchev–Trinajstić information content (AvgIpc) is 2.26. The summed E-state index contributed by atoms with van der Waals surface area (Å²) in [5, 5.41) is 10.6. The molecule has 15 heavy (non-hydrogen) atoms. The minimum atomic E-state index is -0.613. The van der Waals surface area contributed by atoms with Gasteiger partial charge in [-0.25, -0.2) is 0 Å². The zero-order valence-electron chi connectivity index (χ0n) is 8.00. The summed E-state index contributed by atoms with van der Waals surface area (Å²) >= 11 is 0. The summed E-state index contributed by atoms with van der Waals surface area (Å²) in [5.41, 5.74) is -0.0249. The number of hydrogen-bond acceptors (Lipinski definition) is 5. The molecule has 1 aromatic carbocycles. The monoisotopic (exact) mass is 211 g/mol. The van der Waals surface area contributed by atoms with E-state index in [0.29, 0.717) is 6.29 Å². The number of carbonyl (C=O) groups is 1. The number of carbonyl (C=O) groups excluding carboxylic acids is 1. The van der Waals surface area contributed by atoms with E-state index in [1.165, 1.54) is 19.2 Å². The van der Waals surface area contributed by atoms with Crippen molar-refractivity contribution in [3.05, 3.63) is 33.9 Å². The Morgan fingerprint density at radius 1 is 1.53 bits per heavy atom. The van der Waals surface area contributed by atoms with Crippen molar-refractivity contribution >= 4 is 12.0 Å². The van der Waals surface area contributed by atoms with Gasteiger partial charge in [0.25, 0.3) is 0 Å². The molecule has 0 radical (unpaired) electrons. The maximum absolute atomic E-state index is 10.6. The normalized spacial score (nSPS) is 9.67. The minimum Gasteiger partial charge on any atom is -0.460 e. The molecule has 0 aliphatic heterocycles. The third-order valence-corrected chi connectivity index (χ3v) is 1.65. The Balaban J connectivity index is 3.03. The van der Waals surface area contributed by atoms with Gasteiger partial charge in [-0.2, -0.15) is 0 Å². The molecule has 0 unspecified atom stereocenters. The highest BCUT2D eigenvalue weighted by Gasteiger charge is 2.15. The van der Waals surface area contributed by atoms with Crippen molar-refractivity contribution in [2.24, 2.45) is 0 Å². The Bertz CT molecular complexity index is 377. The van der Waals surface area contributed by atoms with Gasteiger partial charge < -0.3 is 9.47 Å². The zero-order valence-corrected chi connectivity index (χ0v) is 8.00. The highest BCUT2D eigenvalue weighted by Crippen LogP contribution is 2.27. The number of methoxy groups -OCH3 is 1. The van der Waals surface area contributed by atoms with Crippen LogP contribution in [-0.4, -0.2) is 25.1 Å². The van der Waals surface area contributed by atoms with Crippen LogP contribution in [0.1, 0.15) is 10.4 Å². The molecule has 0 saturated heterocycles. The van der Waals surface area contributed by atoms with Gasteiger partial charge in [0.2, 0.25) is 0 Å². The van der Waals surface area contributed by atoms with Gasteiger partial charge in [0.1, 0.15) is 6.29 Å². The fourth-order valence-electron chi connectivity index (χ4n) is 0.995. The van der Waals surface area contributed by atoms with Crippen LogP contribution >= 0.6 is 0 Å². The van der Waals surface area contributed by atoms with E-state index in [1.54, 1.807) is 0 Å². The van der Waals surface area contributed by atoms with Crippen LogP contribution in [0.15, 0.2) is 18.2 Å². The summed E-state index contributed by atoms with van der Waals surface area (Å²) < 4.78 is 9.59. The van der Waals surface area contributed by atoms with Gasteiger partial charge in [0, 0.05) is 18.7 Å². The number of hydrogen-bond donors (Lipinski definition) is 0. The number of benzene rings is 1. The van der Waals surface area contributed by atoms with E-state index in [0.717, 1.165) is 6.07 Å². The van der Waals surface area contributed by atoms with Crippen LogP contribution < -0.4 is 4.74 Å². The highest BCUT2D eigenvalue weighted by molar-refractivity contribution is 5.77. The molecule has 0 fully saturated rings. The van der Waals surface area contributed by atoms with Crippen LogP contribution in [0.2, 0.25) is 0 Å². The number of aldehydes is 1. The second-order valence-electron chi connectivity index (χ2n) is 2.65. The molecular formula is C9H9NO5. The number of nitrogens with zero attached hydrogens (tertiary/aromatic N) is 1. The Morgan fingerprint density at radius 2 is 2.27 bits per heavy atom. The molecule has 0 bridgehead atoms. The Morgan fingerprint density at radius 3 is 2.80 bits per heavy atom. The van der Waals surface area contributed by atoms with Crippen LogP contribution in [0.5, 0.6) is 5.75 Å². The predicted octanol–water partition coefficient (Wildman–Crippen LogP) is 1.39. The van der Waals surface area contributed by atoms with Crippen molar-refractivity contribution in [1.82, 2.24) is 0 Å². The van der Waals surface area contributed by atoms with Crippen molar-refractivity contribution in [2.75, 3.05) is 13.9 Å². The topological polar surface area (TPSA) is 78.7 Å². The second-order valence-corrected chi connectivity index (χ2v) is 2.65. The van der Waals surface area contributed by atoms with E-state index < -0.39 is 4.92 Å². The third-order valence-electron chi connectivity index (χ3n) is 1.65. The molecule has 0 heterocycles. The van der Waals surface area contributed by atoms with Crippen LogP contribution in [-0.2, 0) is 4.74 Å². The molecule has 0 aliphatic carbocycles. The first-order valence-corrected chi connectivity index (χ1v) is 4.04. The molecule has 6 heteroatoms. The number of rotatable bonds is 5. The number of nitro benzene ring substituents is 1. The van der Waals surface area contributed by atoms with Gasteiger partial charge >= 0.3 is 5.69 Å². The van der Waals surface area contributed by atoms with E-state index in [1.807, 2.05) is 0 Å². The molecule has 0 aliphatic rings. The lowest BCUT2D eigenvalue weighted by atomic mass is 10.2. The fourth-order valence-corrected chi connectivity index (χ4v) is 0.995. The SMILES string of the molecule is COCOc1ccc(C=O)cc1[N+](=O)[O-]. The molecule has 1 aromatic rings. The lowest BCUT2D eigenvalue weighted by molar-refractivity contribution is -0.386. The van der Waals surface area contributed by atoms with Crippen LogP contribution in [0, 0.1) is 10.1 Å². The summed E-state index contributed by atoms with van der Waals surface area (Å²) in [6.07, 6.45) is 0.535. The molecule has 0 spiro atoms. The predicted molar refractivity (Wildman–Crippen MR) is 51.0 cm³/mol. The average molecular weight is 211 g/mol. The van der Waals surface area contributed by atoms with Crippen molar-refractivity contribution in [3.63, 3.8) is 0 Å². The van der Waals surface area contributed by atoms with Crippen LogP contribution in [0.3, 0.4) is 0 Å². The van der Waals surface area contributed by atoms with E-state index in [2.05, 4.69) is 4.74 Å². The van der Waals surface area contributed by atoms with Gasteiger partial charge in [-0.15, -0.1) is 0 Å². The van der Waals surface area contributed by atoms with Gasteiger partial charge in [0.05, 0.1) is 4.92 Å². The van der Waals surface area contributed by atoms with E-state index in [9.17, 15) is 14.9 Å². The van der Waals surface area contributed by atoms with E-state index in [4.69, 9.17) is 4.74 Å². The molecule has 1 rings (SSSR count). The van der Waals surface area contributed by atoms with Crippen LogP contribution in [0.4, 0.5) is 5.69 Å². The Labute approximate surface area is 85.6 Å². The number of nitro groups is 1. The molecule has 0 saturated carbocycles. The largest absolute Gasteiger partial charge is 0.460 e. The molecular weight excluding hydrogens is 202 g/mol. The molecule has 6 nitrogen and oxygen atoms in total. The Hall–Kier alpha value is -1.95. The molecule has 0 N–H and O–H groups in total. The first-order chi connectivity index (χ1) is 7.19. The van der Waals surface area contributed by atoms with Crippen molar-refractivity contribution in [3.8, 4) is 5.75 Å². The van der Waals surface area contributed by atoms with E-state index in [-0.39, 0.29) is 23.8 Å². The second kappa shape index (κ2) is 5.06. The summed E-state index contributed by atoms with van der Waals surface area (Å²) in [6.45, 7) is -0.0821. The molecule has 0 atom stereocenters. The van der Waals surface area contributed by atoms with Crippen molar-refractivity contribution in [2.45, 2.75) is 0 Å². The van der Waals surface area contributed by atoms with E-state index >= 15 is 0 Å². The van der Waals surface area contributed by atoms with Gasteiger partial charge in [-0.1, -0.05) is 0 Å². The fraction of sp³-hybridized carbons (Fsp3) is 0.222. The summed E-state index contributed by atoms with van der Waals surface area (Å²) in [7, 11) is 1.41. The summed E-state index contributed by atoms with van der Waals surface area (Å²) in [6, 6.07) is 3.95. The standard InChI is InChI=1S/C9H9NO5/c1-14-6-15-9-3-2-7(5-11)4-8(9)10(12)13/h2-5H,6H2,1H3. The maximum Gasteiger partial charge on any atom is 0.311 e. The zero-order chi connectivity index (χ0) is 11.3. The van der Waals surface area contributed by atoms with Crippen molar-refractivity contribution in [1.29, 1.82) is 0 Å². The molecule has 80 valence electrons. The quantitative estimate of drug-likeness (QED) is 0.318. The van der Waals surface area contributed by atoms with Gasteiger partial charge in [-0.05, 0) is 12.1 Å². The van der Waals surface area contributed by atoms with Gasteiger partial charge in [-0.3, -0.25) is 14.9 Å². The summed E-state index contributed by atoms with van der Waals surface area (Å²) in [5.74, 6) is 0.0763.